The summed E-state index contributed by atoms with van der Waals surface area (Å²) in [5.41, 5.74) is 1.51. The van der Waals surface area contributed by atoms with Gasteiger partial charge in [-0.15, -0.1) is 0 Å². The molecule has 1 heterocycles. The number of carbonyl (C=O) groups is 1. The summed E-state index contributed by atoms with van der Waals surface area (Å²) >= 11 is 0. The Hall–Kier alpha value is -1.77. The molecule has 0 saturated heterocycles. The fourth-order valence-electron chi connectivity index (χ4n) is 1.29. The van der Waals surface area contributed by atoms with Crippen molar-refractivity contribution in [1.82, 2.24) is 0 Å². The summed E-state index contributed by atoms with van der Waals surface area (Å²) in [6, 6.07) is 9.39. The first kappa shape index (κ1) is 8.81. The van der Waals surface area contributed by atoms with E-state index in [0.29, 0.717) is 18.6 Å². The highest BCUT2D eigenvalue weighted by Gasteiger charge is 2.13. The number of hydrogen-bond donors (Lipinski definition) is 1. The summed E-state index contributed by atoms with van der Waals surface area (Å²) in [6.45, 7) is 0.609. The number of nitrogens with one attached hydrogen (secondary N) is 1. The Kier molecular flexibility index (Phi) is 2.49. The van der Waals surface area contributed by atoms with Gasteiger partial charge in [0.05, 0.1) is 18.4 Å². The van der Waals surface area contributed by atoms with Crippen LogP contribution in [0.25, 0.3) is 0 Å². The number of amides is 1. The molecule has 1 aromatic rings. The zero-order valence-corrected chi connectivity index (χ0v) is 7.69. The third kappa shape index (κ3) is 1.93. The fraction of sp³-hybridized carbons (Fsp3) is 0.182. The number of hydrogen-bond acceptors (Lipinski definition) is 2. The Morgan fingerprint density at radius 1 is 1.29 bits per heavy atom. The lowest BCUT2D eigenvalue weighted by molar-refractivity contribution is -0.112. The molecule has 1 aliphatic heterocycles. The molecule has 1 aromatic carbocycles. The quantitative estimate of drug-likeness (QED) is 0.772. The minimum Gasteiger partial charge on any atom is -0.500 e. The molecule has 0 saturated carbocycles. The molecule has 72 valence electrons. The summed E-state index contributed by atoms with van der Waals surface area (Å²) in [7, 11) is 0. The van der Waals surface area contributed by atoms with Crippen LogP contribution in [0, 0.1) is 0 Å². The second-order valence-electron chi connectivity index (χ2n) is 3.08. The zero-order valence-electron chi connectivity index (χ0n) is 7.69. The molecule has 3 heteroatoms. The molecule has 1 aliphatic rings. The molecule has 1 amide bonds. The molecule has 0 radical (unpaired) electrons. The van der Waals surface area contributed by atoms with Crippen LogP contribution >= 0.6 is 0 Å². The first-order chi connectivity index (χ1) is 6.86. The SMILES string of the molecule is O=C(Nc1ccccc1)C1=COCC1. The maximum atomic E-state index is 11.6. The average Bonchev–Trinajstić information content (AvgIpc) is 2.72. The lowest BCUT2D eigenvalue weighted by atomic mass is 10.2. The second kappa shape index (κ2) is 3.96. The van der Waals surface area contributed by atoms with Crippen molar-refractivity contribution in [3.05, 3.63) is 42.2 Å². The van der Waals surface area contributed by atoms with Gasteiger partial charge in [0.2, 0.25) is 0 Å². The van der Waals surface area contributed by atoms with Crippen molar-refractivity contribution >= 4 is 11.6 Å². The number of para-hydroxylation sites is 1. The molecule has 0 fully saturated rings. The maximum absolute atomic E-state index is 11.6. The fourth-order valence-corrected chi connectivity index (χ4v) is 1.29. The van der Waals surface area contributed by atoms with E-state index in [0.717, 1.165) is 5.69 Å². The van der Waals surface area contributed by atoms with Crippen LogP contribution in [0.15, 0.2) is 42.2 Å². The topological polar surface area (TPSA) is 38.3 Å². The predicted molar refractivity (Wildman–Crippen MR) is 53.7 cm³/mol. The van der Waals surface area contributed by atoms with Crippen molar-refractivity contribution in [3.63, 3.8) is 0 Å². The van der Waals surface area contributed by atoms with Crippen LogP contribution in [-0.4, -0.2) is 12.5 Å². The number of benzene rings is 1. The van der Waals surface area contributed by atoms with Crippen molar-refractivity contribution in [2.24, 2.45) is 0 Å². The van der Waals surface area contributed by atoms with E-state index in [-0.39, 0.29) is 5.91 Å². The van der Waals surface area contributed by atoms with Crippen LogP contribution in [-0.2, 0) is 9.53 Å². The Bertz CT molecular complexity index is 357. The molecule has 0 atom stereocenters. The van der Waals surface area contributed by atoms with Crippen LogP contribution in [0.3, 0.4) is 0 Å². The lowest BCUT2D eigenvalue weighted by Crippen LogP contribution is -2.13. The Balaban J connectivity index is 2.01. The van der Waals surface area contributed by atoms with E-state index >= 15 is 0 Å². The van der Waals surface area contributed by atoms with Gasteiger partial charge >= 0.3 is 0 Å². The van der Waals surface area contributed by atoms with Gasteiger partial charge in [-0.05, 0) is 12.1 Å². The number of anilines is 1. The predicted octanol–water partition coefficient (Wildman–Crippen LogP) is 1.93. The maximum Gasteiger partial charge on any atom is 0.254 e. The van der Waals surface area contributed by atoms with Crippen molar-refractivity contribution in [3.8, 4) is 0 Å². The van der Waals surface area contributed by atoms with Gasteiger partial charge in [0.25, 0.3) is 5.91 Å². The molecule has 3 nitrogen and oxygen atoms in total. The molecule has 0 aromatic heterocycles. The van der Waals surface area contributed by atoms with Crippen LogP contribution in [0.1, 0.15) is 6.42 Å². The highest BCUT2D eigenvalue weighted by atomic mass is 16.5. The first-order valence-electron chi connectivity index (χ1n) is 4.53. The molecule has 14 heavy (non-hydrogen) atoms. The van der Waals surface area contributed by atoms with Gasteiger partial charge in [0.1, 0.15) is 0 Å². The minimum absolute atomic E-state index is 0.0753. The van der Waals surface area contributed by atoms with Crippen LogP contribution in [0.2, 0.25) is 0 Å². The zero-order chi connectivity index (χ0) is 9.80. The number of carbonyl (C=O) groups excluding carboxylic acids is 1. The Morgan fingerprint density at radius 3 is 2.71 bits per heavy atom. The van der Waals surface area contributed by atoms with Crippen molar-refractivity contribution in [2.45, 2.75) is 6.42 Å². The van der Waals surface area contributed by atoms with E-state index in [4.69, 9.17) is 4.74 Å². The second-order valence-corrected chi connectivity index (χ2v) is 3.08. The van der Waals surface area contributed by atoms with E-state index in [1.807, 2.05) is 30.3 Å². The van der Waals surface area contributed by atoms with Gasteiger partial charge < -0.3 is 10.1 Å². The van der Waals surface area contributed by atoms with Gasteiger partial charge in [-0.2, -0.15) is 0 Å². The van der Waals surface area contributed by atoms with Gasteiger partial charge in [-0.1, -0.05) is 18.2 Å². The van der Waals surface area contributed by atoms with Gasteiger partial charge in [-0.3, -0.25) is 4.79 Å². The van der Waals surface area contributed by atoms with Crippen molar-refractivity contribution in [1.29, 1.82) is 0 Å². The highest BCUT2D eigenvalue weighted by Crippen LogP contribution is 2.13. The number of rotatable bonds is 2. The van der Waals surface area contributed by atoms with Crippen molar-refractivity contribution < 1.29 is 9.53 Å². The van der Waals surface area contributed by atoms with E-state index in [1.165, 1.54) is 6.26 Å². The van der Waals surface area contributed by atoms with Crippen LogP contribution in [0.4, 0.5) is 5.69 Å². The largest absolute Gasteiger partial charge is 0.500 e. The summed E-state index contributed by atoms with van der Waals surface area (Å²) in [5.74, 6) is -0.0753. The first-order valence-corrected chi connectivity index (χ1v) is 4.53. The molecule has 0 unspecified atom stereocenters. The molecule has 1 N–H and O–H groups in total. The molecule has 0 bridgehead atoms. The summed E-state index contributed by atoms with van der Waals surface area (Å²) < 4.78 is 4.99. The van der Waals surface area contributed by atoms with E-state index in [1.54, 1.807) is 0 Å². The molecule has 0 aliphatic carbocycles. The summed E-state index contributed by atoms with van der Waals surface area (Å²) in [6.07, 6.45) is 2.22. The standard InChI is InChI=1S/C11H11NO2/c13-11(9-6-7-14-8-9)12-10-4-2-1-3-5-10/h1-5,8H,6-7H2,(H,12,13). The summed E-state index contributed by atoms with van der Waals surface area (Å²) in [4.78, 5) is 11.6. The molecular formula is C11H11NO2. The smallest absolute Gasteiger partial charge is 0.254 e. The van der Waals surface area contributed by atoms with Crippen molar-refractivity contribution in [2.75, 3.05) is 11.9 Å². The number of ether oxygens (including phenoxy) is 1. The minimum atomic E-state index is -0.0753. The molecule has 0 spiro atoms. The van der Waals surface area contributed by atoms with Crippen LogP contribution in [0.5, 0.6) is 0 Å². The van der Waals surface area contributed by atoms with E-state index in [9.17, 15) is 4.79 Å². The summed E-state index contributed by atoms with van der Waals surface area (Å²) in [5, 5.41) is 2.80. The molecule has 2 rings (SSSR count). The third-order valence-electron chi connectivity index (χ3n) is 2.04. The van der Waals surface area contributed by atoms with E-state index in [2.05, 4.69) is 5.32 Å². The van der Waals surface area contributed by atoms with Gasteiger partial charge in [0, 0.05) is 12.1 Å². The lowest BCUT2D eigenvalue weighted by Gasteiger charge is -2.03. The monoisotopic (exact) mass is 189 g/mol. The van der Waals surface area contributed by atoms with Crippen LogP contribution < -0.4 is 5.32 Å². The average molecular weight is 189 g/mol. The van der Waals surface area contributed by atoms with Gasteiger partial charge in [-0.25, -0.2) is 0 Å². The molecular weight excluding hydrogens is 178 g/mol. The third-order valence-corrected chi connectivity index (χ3v) is 2.04. The van der Waals surface area contributed by atoms with E-state index < -0.39 is 0 Å². The Morgan fingerprint density at radius 2 is 2.07 bits per heavy atom. The van der Waals surface area contributed by atoms with Gasteiger partial charge in [0.15, 0.2) is 0 Å². The highest BCUT2D eigenvalue weighted by molar-refractivity contribution is 6.03. The Labute approximate surface area is 82.4 Å². The normalized spacial score (nSPS) is 14.4.